The Morgan fingerprint density at radius 3 is 2.80 bits per heavy atom. The molecule has 0 bridgehead atoms. The molecule has 0 aliphatic rings. The maximum atomic E-state index is 13.6. The first-order valence-electron chi connectivity index (χ1n) is 7.95. The Hall–Kier alpha value is -2.73. The van der Waals surface area contributed by atoms with E-state index in [9.17, 15) is 9.18 Å². The first-order chi connectivity index (χ1) is 12.0. The van der Waals surface area contributed by atoms with Crippen LogP contribution in [0.25, 0.3) is 10.9 Å². The van der Waals surface area contributed by atoms with Gasteiger partial charge in [0.25, 0.3) is 5.56 Å². The molecule has 4 nitrogen and oxygen atoms in total. The molecule has 6 heteroatoms. The topological polar surface area (TPSA) is 56.9 Å². The number of anilines is 1. The van der Waals surface area contributed by atoms with Crippen molar-refractivity contribution in [1.82, 2.24) is 10.3 Å². The normalized spacial score (nSPS) is 10.6. The third-order valence-corrected chi connectivity index (χ3v) is 4.13. The van der Waals surface area contributed by atoms with Gasteiger partial charge in [-0.15, -0.1) is 0 Å². The maximum absolute atomic E-state index is 13.6. The van der Waals surface area contributed by atoms with E-state index in [0.717, 1.165) is 16.5 Å². The molecule has 0 amide bonds. The van der Waals surface area contributed by atoms with Gasteiger partial charge in [0.15, 0.2) is 5.11 Å². The zero-order chi connectivity index (χ0) is 17.8. The van der Waals surface area contributed by atoms with E-state index in [0.29, 0.717) is 29.3 Å². The number of rotatable bonds is 4. The molecule has 0 saturated carbocycles. The predicted octanol–water partition coefficient (Wildman–Crippen LogP) is 3.50. The average Bonchev–Trinajstić information content (AvgIpc) is 2.57. The van der Waals surface area contributed by atoms with Gasteiger partial charge in [-0.2, -0.15) is 0 Å². The quantitative estimate of drug-likeness (QED) is 0.627. The SMILES string of the molecule is Cc1ccc2cc(CCNC(=S)Nc3ccccc3F)c(=O)[nH]c2c1. The van der Waals surface area contributed by atoms with Crippen molar-refractivity contribution in [2.24, 2.45) is 0 Å². The summed E-state index contributed by atoms with van der Waals surface area (Å²) in [5.74, 6) is -0.368. The predicted molar refractivity (Wildman–Crippen MR) is 104 cm³/mol. The summed E-state index contributed by atoms with van der Waals surface area (Å²) in [5, 5.41) is 7.11. The van der Waals surface area contributed by atoms with Gasteiger partial charge in [0.1, 0.15) is 5.82 Å². The Balaban J connectivity index is 1.62. The molecule has 0 atom stereocenters. The summed E-state index contributed by atoms with van der Waals surface area (Å²) >= 11 is 5.16. The molecule has 0 radical (unpaired) electrons. The number of para-hydroxylation sites is 1. The number of halogens is 1. The van der Waals surface area contributed by atoms with Crippen LogP contribution in [0, 0.1) is 12.7 Å². The van der Waals surface area contributed by atoms with E-state index in [1.807, 2.05) is 31.2 Å². The lowest BCUT2D eigenvalue weighted by molar-refractivity contribution is 0.632. The summed E-state index contributed by atoms with van der Waals surface area (Å²) in [5.41, 5.74) is 2.82. The third kappa shape index (κ3) is 4.22. The number of H-pyrrole nitrogens is 1. The van der Waals surface area contributed by atoms with Crippen LogP contribution in [0.15, 0.2) is 53.3 Å². The Morgan fingerprint density at radius 1 is 1.20 bits per heavy atom. The van der Waals surface area contributed by atoms with Crippen molar-refractivity contribution < 1.29 is 4.39 Å². The first-order valence-corrected chi connectivity index (χ1v) is 8.36. The van der Waals surface area contributed by atoms with E-state index in [1.54, 1.807) is 18.2 Å². The molecule has 0 unspecified atom stereocenters. The van der Waals surface area contributed by atoms with E-state index in [-0.39, 0.29) is 11.4 Å². The molecule has 2 aromatic carbocycles. The van der Waals surface area contributed by atoms with E-state index in [4.69, 9.17) is 12.2 Å². The summed E-state index contributed by atoms with van der Waals surface area (Å²) < 4.78 is 13.6. The van der Waals surface area contributed by atoms with Gasteiger partial charge in [0.2, 0.25) is 0 Å². The van der Waals surface area contributed by atoms with Gasteiger partial charge < -0.3 is 15.6 Å². The van der Waals surface area contributed by atoms with E-state index in [2.05, 4.69) is 15.6 Å². The lowest BCUT2D eigenvalue weighted by Gasteiger charge is -2.11. The Labute approximate surface area is 150 Å². The molecule has 25 heavy (non-hydrogen) atoms. The van der Waals surface area contributed by atoms with Gasteiger partial charge in [0.05, 0.1) is 5.69 Å². The second-order valence-electron chi connectivity index (χ2n) is 5.83. The fraction of sp³-hybridized carbons (Fsp3) is 0.158. The van der Waals surface area contributed by atoms with Gasteiger partial charge in [0, 0.05) is 17.6 Å². The minimum atomic E-state index is -0.368. The molecular weight excluding hydrogens is 337 g/mol. The minimum absolute atomic E-state index is 0.104. The number of pyridine rings is 1. The second kappa shape index (κ2) is 7.44. The summed E-state index contributed by atoms with van der Waals surface area (Å²) in [7, 11) is 0. The molecule has 128 valence electrons. The van der Waals surface area contributed by atoms with Crippen LogP contribution in [0.5, 0.6) is 0 Å². The number of nitrogens with one attached hydrogen (secondary N) is 3. The van der Waals surface area contributed by atoms with Crippen LogP contribution >= 0.6 is 12.2 Å². The third-order valence-electron chi connectivity index (χ3n) is 3.88. The number of aromatic nitrogens is 1. The molecule has 1 heterocycles. The van der Waals surface area contributed by atoms with Crippen molar-refractivity contribution >= 4 is 33.9 Å². The molecular formula is C19H18FN3OS. The van der Waals surface area contributed by atoms with Gasteiger partial charge in [-0.1, -0.05) is 24.3 Å². The number of benzene rings is 2. The molecule has 0 saturated heterocycles. The number of hydrogen-bond donors (Lipinski definition) is 3. The maximum Gasteiger partial charge on any atom is 0.251 e. The molecule has 0 fully saturated rings. The van der Waals surface area contributed by atoms with Crippen molar-refractivity contribution in [3.8, 4) is 0 Å². The molecule has 3 aromatic rings. The van der Waals surface area contributed by atoms with Crippen molar-refractivity contribution in [2.75, 3.05) is 11.9 Å². The zero-order valence-corrected chi connectivity index (χ0v) is 14.5. The monoisotopic (exact) mass is 355 g/mol. The number of hydrogen-bond acceptors (Lipinski definition) is 2. The van der Waals surface area contributed by atoms with Gasteiger partial charge in [-0.3, -0.25) is 4.79 Å². The number of aryl methyl sites for hydroxylation is 1. The average molecular weight is 355 g/mol. The van der Waals surface area contributed by atoms with Crippen LogP contribution in [0.1, 0.15) is 11.1 Å². The summed E-state index contributed by atoms with van der Waals surface area (Å²) in [4.78, 5) is 15.1. The summed E-state index contributed by atoms with van der Waals surface area (Å²) in [6.07, 6.45) is 0.512. The van der Waals surface area contributed by atoms with Crippen molar-refractivity contribution in [3.05, 3.63) is 75.8 Å². The first kappa shape index (κ1) is 17.1. The summed E-state index contributed by atoms with van der Waals surface area (Å²) in [6, 6.07) is 14.2. The number of aromatic amines is 1. The number of thiocarbonyl (C=S) groups is 1. The van der Waals surface area contributed by atoms with Crippen LogP contribution in [-0.2, 0) is 6.42 Å². The van der Waals surface area contributed by atoms with Crippen molar-refractivity contribution in [3.63, 3.8) is 0 Å². The zero-order valence-electron chi connectivity index (χ0n) is 13.7. The minimum Gasteiger partial charge on any atom is -0.362 e. The van der Waals surface area contributed by atoms with Gasteiger partial charge in [-0.25, -0.2) is 4.39 Å². The van der Waals surface area contributed by atoms with E-state index in [1.165, 1.54) is 6.07 Å². The van der Waals surface area contributed by atoms with Crippen LogP contribution in [0.4, 0.5) is 10.1 Å². The molecule has 1 aromatic heterocycles. The highest BCUT2D eigenvalue weighted by molar-refractivity contribution is 7.80. The highest BCUT2D eigenvalue weighted by Gasteiger charge is 2.05. The van der Waals surface area contributed by atoms with Crippen LogP contribution in [0.2, 0.25) is 0 Å². The Kier molecular flexibility index (Phi) is 5.09. The summed E-state index contributed by atoms with van der Waals surface area (Å²) in [6.45, 7) is 2.46. The van der Waals surface area contributed by atoms with Crippen LogP contribution in [-0.4, -0.2) is 16.6 Å². The highest BCUT2D eigenvalue weighted by Crippen LogP contribution is 2.13. The number of fused-ring (bicyclic) bond motifs is 1. The highest BCUT2D eigenvalue weighted by atomic mass is 32.1. The standard InChI is InChI=1S/C19H18FN3OS/c1-12-6-7-13-11-14(18(24)22-17(13)10-12)8-9-21-19(25)23-16-5-3-2-4-15(16)20/h2-7,10-11H,8-9H2,1H3,(H,22,24)(H2,21,23,25). The second-order valence-corrected chi connectivity index (χ2v) is 6.23. The van der Waals surface area contributed by atoms with Crippen LogP contribution < -0.4 is 16.2 Å². The van der Waals surface area contributed by atoms with Gasteiger partial charge in [-0.05, 0) is 60.8 Å². The fourth-order valence-electron chi connectivity index (χ4n) is 2.59. The lowest BCUT2D eigenvalue weighted by atomic mass is 10.1. The molecule has 3 N–H and O–H groups in total. The van der Waals surface area contributed by atoms with Crippen molar-refractivity contribution in [2.45, 2.75) is 13.3 Å². The fourth-order valence-corrected chi connectivity index (χ4v) is 2.80. The Morgan fingerprint density at radius 2 is 2.00 bits per heavy atom. The Bertz CT molecular complexity index is 984. The molecule has 3 rings (SSSR count). The van der Waals surface area contributed by atoms with E-state index < -0.39 is 0 Å². The molecule has 0 aliphatic carbocycles. The van der Waals surface area contributed by atoms with Crippen molar-refractivity contribution in [1.29, 1.82) is 0 Å². The van der Waals surface area contributed by atoms with E-state index >= 15 is 0 Å². The molecule has 0 spiro atoms. The largest absolute Gasteiger partial charge is 0.362 e. The van der Waals surface area contributed by atoms with Crippen LogP contribution in [0.3, 0.4) is 0 Å². The smallest absolute Gasteiger partial charge is 0.251 e. The lowest BCUT2D eigenvalue weighted by Crippen LogP contribution is -2.31. The molecule has 0 aliphatic heterocycles. The van der Waals surface area contributed by atoms with Gasteiger partial charge >= 0.3 is 0 Å².